The summed E-state index contributed by atoms with van der Waals surface area (Å²) in [7, 11) is 0. The van der Waals surface area contributed by atoms with E-state index in [1.165, 1.54) is 0 Å². The highest BCUT2D eigenvalue weighted by atomic mass is 35.5. The Morgan fingerprint density at radius 1 is 1.18 bits per heavy atom. The highest BCUT2D eigenvalue weighted by Gasteiger charge is 2.38. The maximum absolute atomic E-state index is 12.4. The van der Waals surface area contributed by atoms with E-state index in [-0.39, 0.29) is 15.1 Å². The molecule has 33 heavy (non-hydrogen) atoms. The Labute approximate surface area is 206 Å². The van der Waals surface area contributed by atoms with Crippen molar-refractivity contribution in [3.05, 3.63) is 54.1 Å². The third-order valence-corrected chi connectivity index (χ3v) is 7.24. The lowest BCUT2D eigenvalue weighted by atomic mass is 9.90. The molecule has 0 bridgehead atoms. The van der Waals surface area contributed by atoms with Crippen LogP contribution in [-0.2, 0) is 15.2 Å². The van der Waals surface area contributed by atoms with Crippen LogP contribution in [0, 0.1) is 6.92 Å². The first-order valence-corrected chi connectivity index (χ1v) is 11.4. The van der Waals surface area contributed by atoms with Crippen LogP contribution in [0.25, 0.3) is 0 Å². The summed E-state index contributed by atoms with van der Waals surface area (Å²) in [6.07, 6.45) is -4.16. The fraction of sp³-hybridized carbons (Fsp3) is 0.350. The number of carbonyl (C=O) groups is 2. The van der Waals surface area contributed by atoms with Gasteiger partial charge in [-0.2, -0.15) is 13.2 Å². The van der Waals surface area contributed by atoms with E-state index < -0.39 is 36.7 Å². The second-order valence-electron chi connectivity index (χ2n) is 7.49. The Bertz CT molecular complexity index is 1110. The molecule has 0 radical (unpaired) electrons. The molecule has 0 fully saturated rings. The Morgan fingerprint density at radius 3 is 2.42 bits per heavy atom. The number of aryl methyl sites for hydroxylation is 1. The van der Waals surface area contributed by atoms with Crippen LogP contribution in [0.2, 0.25) is 15.1 Å². The number of thiophene rings is 1. The van der Waals surface area contributed by atoms with E-state index in [2.05, 4.69) is 10.5 Å². The number of hydrogen-bond acceptors (Lipinski definition) is 5. The minimum Gasteiger partial charge on any atom is -0.384 e. The topological polar surface area (TPSA) is 79.8 Å². The highest BCUT2D eigenvalue weighted by Crippen LogP contribution is 2.42. The Balaban J connectivity index is 1.67. The van der Waals surface area contributed by atoms with Crippen LogP contribution in [0.5, 0.6) is 0 Å². The van der Waals surface area contributed by atoms with Gasteiger partial charge in [-0.25, -0.2) is 0 Å². The van der Waals surface area contributed by atoms with Crippen LogP contribution in [0.4, 0.5) is 13.2 Å². The van der Waals surface area contributed by atoms with E-state index in [9.17, 15) is 22.8 Å². The second kappa shape index (κ2) is 9.69. The fourth-order valence-electron chi connectivity index (χ4n) is 3.04. The number of alkyl halides is 3. The standard InChI is InChI=1S/C20H17Cl3F3N3O3S/c1-9-3-14(33-17(9)18(31)27-7-15(30)28-8-20(24,25)26)13-6-19(2,32-29-13)10-4-11(21)16(23)12(22)5-10/h3-5H,6-8H2,1-2H3,(H,27,31)(H,28,30). The molecule has 0 aliphatic carbocycles. The van der Waals surface area contributed by atoms with Crippen LogP contribution >= 0.6 is 46.1 Å². The van der Waals surface area contributed by atoms with Gasteiger partial charge in [0, 0.05) is 12.0 Å². The lowest BCUT2D eigenvalue weighted by Crippen LogP contribution is -2.40. The number of benzene rings is 1. The lowest BCUT2D eigenvalue weighted by molar-refractivity contribution is -0.137. The lowest BCUT2D eigenvalue weighted by Gasteiger charge is -2.22. The van der Waals surface area contributed by atoms with E-state index in [1.54, 1.807) is 30.4 Å². The molecule has 178 valence electrons. The number of nitrogens with one attached hydrogen (secondary N) is 2. The fourth-order valence-corrected chi connectivity index (χ4v) is 4.70. The number of halogens is 6. The quantitative estimate of drug-likeness (QED) is 0.476. The molecule has 2 N–H and O–H groups in total. The van der Waals surface area contributed by atoms with Crippen molar-refractivity contribution in [1.82, 2.24) is 10.6 Å². The highest BCUT2D eigenvalue weighted by molar-refractivity contribution is 7.16. The third kappa shape index (κ3) is 6.11. The van der Waals surface area contributed by atoms with Crippen molar-refractivity contribution in [3.8, 4) is 0 Å². The molecule has 1 atom stereocenters. The first-order valence-electron chi connectivity index (χ1n) is 9.41. The molecule has 0 saturated carbocycles. The maximum atomic E-state index is 12.4. The Hall–Kier alpha value is -2.01. The zero-order valence-corrected chi connectivity index (χ0v) is 20.3. The number of oxime groups is 1. The molecule has 1 aromatic heterocycles. The molecule has 0 saturated heterocycles. The number of hydrogen-bond donors (Lipinski definition) is 2. The molecule has 13 heteroatoms. The van der Waals surface area contributed by atoms with Gasteiger partial charge in [0.05, 0.1) is 31.4 Å². The van der Waals surface area contributed by atoms with Crippen molar-refractivity contribution in [3.63, 3.8) is 0 Å². The molecule has 3 rings (SSSR count). The first-order chi connectivity index (χ1) is 15.3. The monoisotopic (exact) mass is 541 g/mol. The van der Waals surface area contributed by atoms with E-state index in [1.807, 2.05) is 6.92 Å². The van der Waals surface area contributed by atoms with Crippen molar-refractivity contribution in [2.75, 3.05) is 13.1 Å². The predicted molar refractivity (Wildman–Crippen MR) is 122 cm³/mol. The number of carbonyl (C=O) groups excluding carboxylic acids is 2. The molecular formula is C20H17Cl3F3N3O3S. The smallest absolute Gasteiger partial charge is 0.384 e. The van der Waals surface area contributed by atoms with Gasteiger partial charge in [-0.3, -0.25) is 9.59 Å². The van der Waals surface area contributed by atoms with E-state index in [0.717, 1.165) is 11.3 Å². The van der Waals surface area contributed by atoms with Gasteiger partial charge in [0.25, 0.3) is 5.91 Å². The summed E-state index contributed by atoms with van der Waals surface area (Å²) in [5, 5.41) is 8.97. The minimum absolute atomic E-state index is 0.237. The van der Waals surface area contributed by atoms with Crippen LogP contribution in [0.1, 0.15) is 39.0 Å². The molecule has 1 unspecified atom stereocenters. The molecular weight excluding hydrogens is 526 g/mol. The summed E-state index contributed by atoms with van der Waals surface area (Å²) < 4.78 is 36.5. The first kappa shape index (κ1) is 25.6. The van der Waals surface area contributed by atoms with Crippen molar-refractivity contribution in [1.29, 1.82) is 0 Å². The minimum atomic E-state index is -4.53. The van der Waals surface area contributed by atoms with Gasteiger partial charge < -0.3 is 15.5 Å². The average molecular weight is 543 g/mol. The number of amides is 2. The van der Waals surface area contributed by atoms with E-state index in [0.29, 0.717) is 33.0 Å². The molecule has 2 amide bonds. The summed E-state index contributed by atoms with van der Waals surface area (Å²) >= 11 is 19.4. The van der Waals surface area contributed by atoms with Gasteiger partial charge in [-0.05, 0) is 37.6 Å². The van der Waals surface area contributed by atoms with Gasteiger partial charge in [0.2, 0.25) is 5.91 Å². The van der Waals surface area contributed by atoms with Crippen molar-refractivity contribution >= 4 is 63.7 Å². The van der Waals surface area contributed by atoms with Crippen LogP contribution in [-0.4, -0.2) is 36.8 Å². The van der Waals surface area contributed by atoms with E-state index in [4.69, 9.17) is 39.6 Å². The largest absolute Gasteiger partial charge is 0.405 e. The van der Waals surface area contributed by atoms with Gasteiger partial charge >= 0.3 is 6.18 Å². The SMILES string of the molecule is Cc1cc(C2=NOC(C)(c3cc(Cl)c(Cl)c(Cl)c3)C2)sc1C(=O)NCC(=O)NCC(F)(F)F. The molecule has 6 nitrogen and oxygen atoms in total. The predicted octanol–water partition coefficient (Wildman–Crippen LogP) is 5.46. The average Bonchev–Trinajstić information content (AvgIpc) is 3.31. The molecule has 2 heterocycles. The number of rotatable bonds is 6. The van der Waals surface area contributed by atoms with Crippen LogP contribution in [0.3, 0.4) is 0 Å². The van der Waals surface area contributed by atoms with Crippen LogP contribution < -0.4 is 10.6 Å². The summed E-state index contributed by atoms with van der Waals surface area (Å²) in [6, 6.07) is 5.05. The van der Waals surface area contributed by atoms with E-state index >= 15 is 0 Å². The number of nitrogens with zero attached hydrogens (tertiary/aromatic N) is 1. The van der Waals surface area contributed by atoms with Gasteiger partial charge in [0.1, 0.15) is 12.3 Å². The normalized spacial score (nSPS) is 18.0. The molecule has 1 aromatic carbocycles. The molecule has 1 aliphatic rings. The van der Waals surface area contributed by atoms with Crippen molar-refractivity contribution < 1.29 is 27.6 Å². The summed E-state index contributed by atoms with van der Waals surface area (Å²) in [6.45, 7) is 1.47. The summed E-state index contributed by atoms with van der Waals surface area (Å²) in [5.41, 5.74) is 1.04. The van der Waals surface area contributed by atoms with Crippen molar-refractivity contribution in [2.24, 2.45) is 5.16 Å². The zero-order chi connectivity index (χ0) is 24.6. The van der Waals surface area contributed by atoms with Crippen LogP contribution in [0.15, 0.2) is 23.4 Å². The summed E-state index contributed by atoms with van der Waals surface area (Å²) in [5.74, 6) is -1.52. The third-order valence-electron chi connectivity index (χ3n) is 4.76. The van der Waals surface area contributed by atoms with Gasteiger partial charge in [-0.1, -0.05) is 40.0 Å². The van der Waals surface area contributed by atoms with Gasteiger partial charge in [-0.15, -0.1) is 11.3 Å². The molecule has 0 spiro atoms. The molecule has 2 aromatic rings. The Kier molecular flexibility index (Phi) is 7.52. The summed E-state index contributed by atoms with van der Waals surface area (Å²) in [4.78, 5) is 30.6. The Morgan fingerprint density at radius 2 is 1.82 bits per heavy atom. The maximum Gasteiger partial charge on any atom is 0.405 e. The van der Waals surface area contributed by atoms with Gasteiger partial charge in [0.15, 0.2) is 5.60 Å². The van der Waals surface area contributed by atoms with Crippen molar-refractivity contribution in [2.45, 2.75) is 32.0 Å². The second-order valence-corrected chi connectivity index (χ2v) is 9.73. The zero-order valence-electron chi connectivity index (χ0n) is 17.2. The molecule has 1 aliphatic heterocycles.